The number of anilines is 1. The predicted octanol–water partition coefficient (Wildman–Crippen LogP) is 5.22. The molecular formula is C22H26NO2. The molecule has 131 valence electrons. The van der Waals surface area contributed by atoms with Gasteiger partial charge in [-0.05, 0) is 80.0 Å². The van der Waals surface area contributed by atoms with E-state index >= 15 is 0 Å². The number of carbonyl (C=O) groups is 1. The van der Waals surface area contributed by atoms with Gasteiger partial charge in [-0.15, -0.1) is 0 Å². The van der Waals surface area contributed by atoms with Crippen molar-refractivity contribution in [3.63, 3.8) is 0 Å². The molecule has 3 rings (SSSR count). The quantitative estimate of drug-likeness (QED) is 0.813. The van der Waals surface area contributed by atoms with E-state index in [9.17, 15) is 4.79 Å². The summed E-state index contributed by atoms with van der Waals surface area (Å²) in [7, 11) is 0. The number of ether oxygens (including phenoxy) is 1. The van der Waals surface area contributed by atoms with Crippen molar-refractivity contribution in [1.82, 2.24) is 0 Å². The van der Waals surface area contributed by atoms with Gasteiger partial charge in [-0.1, -0.05) is 25.1 Å². The minimum Gasteiger partial charge on any atom is -0.483 e. The Hall–Kier alpha value is -2.29. The molecule has 3 nitrogen and oxygen atoms in total. The molecule has 1 aliphatic carbocycles. The summed E-state index contributed by atoms with van der Waals surface area (Å²) in [6.07, 6.45) is 5.03. The van der Waals surface area contributed by atoms with Crippen LogP contribution < -0.4 is 10.1 Å². The van der Waals surface area contributed by atoms with Gasteiger partial charge in [0.25, 0.3) is 0 Å². The molecule has 0 saturated heterocycles. The van der Waals surface area contributed by atoms with Gasteiger partial charge in [-0.25, -0.2) is 0 Å². The molecular weight excluding hydrogens is 310 g/mol. The number of amides is 1. The van der Waals surface area contributed by atoms with Crippen molar-refractivity contribution in [2.45, 2.75) is 46.5 Å². The van der Waals surface area contributed by atoms with Gasteiger partial charge in [0.1, 0.15) is 5.75 Å². The molecule has 1 saturated carbocycles. The summed E-state index contributed by atoms with van der Waals surface area (Å²) in [6, 6.07) is 13.9. The number of carbonyl (C=O) groups excluding carboxylic acids is 1. The van der Waals surface area contributed by atoms with Crippen molar-refractivity contribution >= 4 is 11.6 Å². The molecule has 1 unspecified atom stereocenters. The summed E-state index contributed by atoms with van der Waals surface area (Å²) in [4.78, 5) is 12.3. The van der Waals surface area contributed by atoms with Crippen LogP contribution in [0.2, 0.25) is 0 Å². The number of benzene rings is 2. The topological polar surface area (TPSA) is 38.3 Å². The fourth-order valence-electron chi connectivity index (χ4n) is 3.41. The van der Waals surface area contributed by atoms with Crippen LogP contribution in [-0.2, 0) is 11.2 Å². The lowest BCUT2D eigenvalue weighted by atomic mass is 10.1. The number of aryl methyl sites for hydroxylation is 2. The summed E-state index contributed by atoms with van der Waals surface area (Å²) in [5, 5.41) is 2.98. The molecule has 2 aromatic rings. The second kappa shape index (κ2) is 7.73. The zero-order valence-electron chi connectivity index (χ0n) is 15.3. The Kier molecular flexibility index (Phi) is 5.42. The van der Waals surface area contributed by atoms with Gasteiger partial charge in [-0.3, -0.25) is 4.79 Å². The van der Waals surface area contributed by atoms with Crippen molar-refractivity contribution in [2.24, 2.45) is 5.92 Å². The molecule has 1 amide bonds. The molecule has 3 heteroatoms. The lowest BCUT2D eigenvalue weighted by Gasteiger charge is -2.16. The van der Waals surface area contributed by atoms with Gasteiger partial charge >= 0.3 is 0 Å². The van der Waals surface area contributed by atoms with E-state index in [1.165, 1.54) is 18.9 Å². The zero-order chi connectivity index (χ0) is 17.8. The smallest absolute Gasteiger partial charge is 0.228 e. The maximum atomic E-state index is 12.3. The van der Waals surface area contributed by atoms with Crippen molar-refractivity contribution in [1.29, 1.82) is 0 Å². The van der Waals surface area contributed by atoms with E-state index in [1.807, 2.05) is 50.2 Å². The Morgan fingerprint density at radius 2 is 1.80 bits per heavy atom. The fraction of sp³-hybridized carbons (Fsp3) is 0.364. The molecule has 1 atom stereocenters. The van der Waals surface area contributed by atoms with Crippen molar-refractivity contribution < 1.29 is 9.53 Å². The Labute approximate surface area is 150 Å². The lowest BCUT2D eigenvalue weighted by molar-refractivity contribution is -0.115. The Bertz CT molecular complexity index is 716. The van der Waals surface area contributed by atoms with Gasteiger partial charge in [0.15, 0.2) is 6.10 Å². The minimum absolute atomic E-state index is 0.00235. The predicted molar refractivity (Wildman–Crippen MR) is 102 cm³/mol. The molecule has 0 bridgehead atoms. The monoisotopic (exact) mass is 336 g/mol. The Morgan fingerprint density at radius 1 is 1.12 bits per heavy atom. The Balaban J connectivity index is 1.56. The first-order valence-corrected chi connectivity index (χ1v) is 9.00. The van der Waals surface area contributed by atoms with E-state index in [0.29, 0.717) is 12.3 Å². The van der Waals surface area contributed by atoms with E-state index in [4.69, 9.17) is 4.74 Å². The standard InChI is InChI=1S/C22H26NO2/c1-15-11-16(2)13-19(12-15)23-22(24)14-18-7-9-20(10-8-18)25-21-6-4-5-17(21)3/h7-13,17H,4-6,14H2,1-3H3,(H,23,24). The molecule has 1 N–H and O–H groups in total. The van der Waals surface area contributed by atoms with Crippen LogP contribution in [-0.4, -0.2) is 5.91 Å². The zero-order valence-corrected chi connectivity index (χ0v) is 15.3. The highest BCUT2D eigenvalue weighted by Gasteiger charge is 2.26. The second-order valence-electron chi connectivity index (χ2n) is 7.11. The molecule has 1 aliphatic rings. The van der Waals surface area contributed by atoms with E-state index in [0.717, 1.165) is 34.5 Å². The highest BCUT2D eigenvalue weighted by Crippen LogP contribution is 2.34. The maximum absolute atomic E-state index is 12.3. The van der Waals surface area contributed by atoms with Crippen LogP contribution in [0.5, 0.6) is 5.75 Å². The van der Waals surface area contributed by atoms with E-state index < -0.39 is 0 Å². The maximum Gasteiger partial charge on any atom is 0.228 e. The third-order valence-electron chi connectivity index (χ3n) is 4.65. The molecule has 1 radical (unpaired) electrons. The molecule has 0 aliphatic heterocycles. The highest BCUT2D eigenvalue weighted by atomic mass is 16.5. The molecule has 2 aromatic carbocycles. The summed E-state index contributed by atoms with van der Waals surface area (Å²) in [5.41, 5.74) is 4.14. The Morgan fingerprint density at radius 3 is 2.40 bits per heavy atom. The van der Waals surface area contributed by atoms with Gasteiger partial charge in [0.2, 0.25) is 5.91 Å². The fourth-order valence-corrected chi connectivity index (χ4v) is 3.41. The molecule has 0 aromatic heterocycles. The van der Waals surface area contributed by atoms with Crippen molar-refractivity contribution in [3.8, 4) is 5.75 Å². The molecule has 25 heavy (non-hydrogen) atoms. The van der Waals surface area contributed by atoms with Crippen LogP contribution in [0.4, 0.5) is 5.69 Å². The third kappa shape index (κ3) is 4.85. The third-order valence-corrected chi connectivity index (χ3v) is 4.65. The normalized spacial score (nSPS) is 17.5. The summed E-state index contributed by atoms with van der Waals surface area (Å²) < 4.78 is 5.99. The van der Waals surface area contributed by atoms with Crippen LogP contribution in [0.1, 0.15) is 42.9 Å². The number of hydrogen-bond donors (Lipinski definition) is 1. The summed E-state index contributed by atoms with van der Waals surface area (Å²) in [6.45, 7) is 6.28. The van der Waals surface area contributed by atoms with E-state index in [2.05, 4.69) is 18.3 Å². The highest BCUT2D eigenvalue weighted by molar-refractivity contribution is 5.92. The second-order valence-corrected chi connectivity index (χ2v) is 7.11. The van der Waals surface area contributed by atoms with Crippen molar-refractivity contribution in [2.75, 3.05) is 5.32 Å². The summed E-state index contributed by atoms with van der Waals surface area (Å²) in [5.74, 6) is 1.41. The van der Waals surface area contributed by atoms with Gasteiger partial charge in [0.05, 0.1) is 6.42 Å². The van der Waals surface area contributed by atoms with Crippen LogP contribution >= 0.6 is 0 Å². The van der Waals surface area contributed by atoms with Crippen LogP contribution in [0, 0.1) is 25.9 Å². The number of rotatable bonds is 5. The first kappa shape index (κ1) is 17.5. The largest absolute Gasteiger partial charge is 0.483 e. The molecule has 0 spiro atoms. The summed E-state index contributed by atoms with van der Waals surface area (Å²) >= 11 is 0. The van der Waals surface area contributed by atoms with Crippen LogP contribution in [0.3, 0.4) is 0 Å². The molecule has 1 fully saturated rings. The van der Waals surface area contributed by atoms with Crippen molar-refractivity contribution in [3.05, 3.63) is 65.3 Å². The minimum atomic E-state index is -0.00235. The van der Waals surface area contributed by atoms with Crippen LogP contribution in [0.15, 0.2) is 42.5 Å². The van der Waals surface area contributed by atoms with E-state index in [1.54, 1.807) is 0 Å². The first-order chi connectivity index (χ1) is 12.0. The number of nitrogens with one attached hydrogen (secondary N) is 1. The average Bonchev–Trinajstić information content (AvgIpc) is 2.93. The van der Waals surface area contributed by atoms with Gasteiger partial charge in [0, 0.05) is 5.69 Å². The van der Waals surface area contributed by atoms with Gasteiger partial charge in [-0.2, -0.15) is 0 Å². The molecule has 0 heterocycles. The van der Waals surface area contributed by atoms with Gasteiger partial charge < -0.3 is 10.1 Å². The van der Waals surface area contributed by atoms with E-state index in [-0.39, 0.29) is 5.91 Å². The number of hydrogen-bond acceptors (Lipinski definition) is 2. The average molecular weight is 336 g/mol. The SMILES string of the molecule is Cc1cc(C)cc(NC(=O)Cc2ccc(O[C]3CCCC3C)cc2)c1. The van der Waals surface area contributed by atoms with Crippen LogP contribution in [0.25, 0.3) is 0 Å². The lowest BCUT2D eigenvalue weighted by Crippen LogP contribution is -2.14. The first-order valence-electron chi connectivity index (χ1n) is 9.00.